The quantitative estimate of drug-likeness (QED) is 0.648. The largest absolute Gasteiger partial charge is 0.507 e. The average Bonchev–Trinajstić information content (AvgIpc) is 2.42. The number of Topliss-reactive ketones (excluding diaryl/α,β-unsaturated/α-hetero) is 2. The normalized spacial score (nSPS) is 14.5. The number of rotatable bonds is 4. The van der Waals surface area contributed by atoms with E-state index in [1.165, 1.54) is 7.11 Å². The highest BCUT2D eigenvalue weighted by Crippen LogP contribution is 2.38. The molecule has 0 saturated heterocycles. The molecular weight excluding hydrogens is 288 g/mol. The van der Waals surface area contributed by atoms with Gasteiger partial charge in [-0.2, -0.15) is 0 Å². The molecule has 106 valence electrons. The van der Waals surface area contributed by atoms with Crippen molar-refractivity contribution in [2.24, 2.45) is 0 Å². The van der Waals surface area contributed by atoms with E-state index in [0.29, 0.717) is 0 Å². The number of methoxy groups -OCH3 is 1. The third kappa shape index (κ3) is 2.23. The topological polar surface area (TPSA) is 93.1 Å². The van der Waals surface area contributed by atoms with Crippen LogP contribution in [0, 0.1) is 0 Å². The Kier molecular flexibility index (Phi) is 3.96. The number of aromatic hydroxyl groups is 2. The van der Waals surface area contributed by atoms with Crippen molar-refractivity contribution in [1.29, 1.82) is 0 Å². The average molecular weight is 299 g/mol. The molecule has 2 N–H and O–H groups in total. The molecule has 2 rings (SSSR count). The molecule has 1 aliphatic rings. The number of hydrogen-bond donors (Lipinski definition) is 2. The van der Waals surface area contributed by atoms with E-state index in [0.717, 1.165) is 12.1 Å². The van der Waals surface area contributed by atoms with E-state index in [-0.39, 0.29) is 30.1 Å². The molecule has 20 heavy (non-hydrogen) atoms. The van der Waals surface area contributed by atoms with Crippen LogP contribution < -0.4 is 0 Å². The van der Waals surface area contributed by atoms with Crippen molar-refractivity contribution in [1.82, 2.24) is 0 Å². The maximum Gasteiger partial charge on any atom is 0.233 e. The fraction of sp³-hybridized carbons (Fsp3) is 0.231. The minimum atomic E-state index is -0.776. The second kappa shape index (κ2) is 5.52. The zero-order valence-electron chi connectivity index (χ0n) is 10.5. The molecule has 1 aliphatic carbocycles. The maximum absolute atomic E-state index is 12.2. The van der Waals surface area contributed by atoms with Crippen molar-refractivity contribution < 1.29 is 29.3 Å². The molecule has 0 fully saturated rings. The monoisotopic (exact) mass is 298 g/mol. The summed E-state index contributed by atoms with van der Waals surface area (Å²) in [7, 11) is 1.45. The second-order valence-corrected chi connectivity index (χ2v) is 4.37. The Morgan fingerprint density at radius 3 is 2.15 bits per heavy atom. The van der Waals surface area contributed by atoms with Gasteiger partial charge in [0.1, 0.15) is 23.1 Å². The summed E-state index contributed by atoms with van der Waals surface area (Å²) in [6.45, 7) is 0.226. The Balaban J connectivity index is 2.49. The fourth-order valence-corrected chi connectivity index (χ4v) is 2.06. The lowest BCUT2D eigenvalue weighted by atomic mass is 9.91. The van der Waals surface area contributed by atoms with E-state index in [1.807, 2.05) is 0 Å². The van der Waals surface area contributed by atoms with Crippen molar-refractivity contribution in [2.75, 3.05) is 20.3 Å². The van der Waals surface area contributed by atoms with Crippen molar-refractivity contribution in [3.05, 3.63) is 34.1 Å². The van der Waals surface area contributed by atoms with Gasteiger partial charge >= 0.3 is 0 Å². The predicted octanol–water partition coefficient (Wildman–Crippen LogP) is 1.59. The van der Waals surface area contributed by atoms with Crippen LogP contribution in [0.4, 0.5) is 0 Å². The molecule has 0 aliphatic heterocycles. The van der Waals surface area contributed by atoms with Gasteiger partial charge in [0.2, 0.25) is 11.6 Å². The number of fused-ring (bicyclic) bond motifs is 1. The number of phenolic OH excluding ortho intramolecular Hbond substituents is 2. The van der Waals surface area contributed by atoms with Gasteiger partial charge in [-0.3, -0.25) is 9.59 Å². The van der Waals surface area contributed by atoms with Gasteiger partial charge in [0.05, 0.1) is 17.7 Å². The second-order valence-electron chi connectivity index (χ2n) is 4.00. The number of carbonyl (C=O) groups excluding carboxylic acids is 2. The van der Waals surface area contributed by atoms with Crippen LogP contribution >= 0.6 is 11.6 Å². The molecule has 0 bridgehead atoms. The van der Waals surface area contributed by atoms with Crippen molar-refractivity contribution in [3.8, 4) is 11.5 Å². The van der Waals surface area contributed by atoms with E-state index in [2.05, 4.69) is 0 Å². The fourth-order valence-electron chi connectivity index (χ4n) is 1.82. The first kappa shape index (κ1) is 14.4. The van der Waals surface area contributed by atoms with Gasteiger partial charge in [0, 0.05) is 7.11 Å². The van der Waals surface area contributed by atoms with E-state index in [1.54, 1.807) is 0 Å². The summed E-state index contributed by atoms with van der Waals surface area (Å²) in [5.41, 5.74) is -0.633. The Morgan fingerprint density at radius 1 is 1.05 bits per heavy atom. The zero-order chi connectivity index (χ0) is 14.9. The Morgan fingerprint density at radius 2 is 1.60 bits per heavy atom. The lowest BCUT2D eigenvalue weighted by molar-refractivity contribution is 0.0776. The van der Waals surface area contributed by atoms with E-state index in [4.69, 9.17) is 21.1 Å². The SMILES string of the molecule is COCCOC1=C(Cl)C(=O)c2c(O)ccc(O)c2C1=O. The highest BCUT2D eigenvalue weighted by Gasteiger charge is 2.37. The lowest BCUT2D eigenvalue weighted by Crippen LogP contribution is -2.22. The predicted molar refractivity (Wildman–Crippen MR) is 69.1 cm³/mol. The van der Waals surface area contributed by atoms with E-state index in [9.17, 15) is 19.8 Å². The van der Waals surface area contributed by atoms with Crippen LogP contribution in [0.2, 0.25) is 0 Å². The summed E-state index contributed by atoms with van der Waals surface area (Å²) in [6.07, 6.45) is 0. The van der Waals surface area contributed by atoms with E-state index >= 15 is 0 Å². The molecule has 0 spiro atoms. The Hall–Kier alpha value is -2.05. The van der Waals surface area contributed by atoms with E-state index < -0.39 is 28.1 Å². The highest BCUT2D eigenvalue weighted by molar-refractivity contribution is 6.50. The van der Waals surface area contributed by atoms with Crippen LogP contribution in [0.3, 0.4) is 0 Å². The van der Waals surface area contributed by atoms with Gasteiger partial charge in [0.15, 0.2) is 5.76 Å². The molecule has 0 radical (unpaired) electrons. The van der Waals surface area contributed by atoms with Crippen molar-refractivity contribution >= 4 is 23.2 Å². The first-order valence-electron chi connectivity index (χ1n) is 5.64. The number of allylic oxidation sites excluding steroid dienone is 2. The molecule has 0 saturated carbocycles. The minimum Gasteiger partial charge on any atom is -0.507 e. The number of hydrogen-bond acceptors (Lipinski definition) is 6. The first-order chi connectivity index (χ1) is 9.49. The number of ketones is 2. The number of ether oxygens (including phenoxy) is 2. The van der Waals surface area contributed by atoms with Crippen LogP contribution in [0.25, 0.3) is 0 Å². The van der Waals surface area contributed by atoms with Gasteiger partial charge in [-0.15, -0.1) is 0 Å². The molecule has 0 aromatic heterocycles. The molecule has 0 heterocycles. The van der Waals surface area contributed by atoms with Crippen LogP contribution in [-0.4, -0.2) is 42.1 Å². The van der Waals surface area contributed by atoms with Gasteiger partial charge in [-0.05, 0) is 12.1 Å². The molecule has 6 nitrogen and oxygen atoms in total. The summed E-state index contributed by atoms with van der Waals surface area (Å²) in [5.74, 6) is -2.74. The number of carbonyl (C=O) groups is 2. The van der Waals surface area contributed by atoms with Crippen molar-refractivity contribution in [2.45, 2.75) is 0 Å². The minimum absolute atomic E-state index is 0.0238. The summed E-state index contributed by atoms with van der Waals surface area (Å²) in [5, 5.41) is 18.9. The number of phenols is 2. The molecule has 1 aromatic carbocycles. The van der Waals surface area contributed by atoms with Crippen LogP contribution in [-0.2, 0) is 9.47 Å². The summed E-state index contributed by atoms with van der Waals surface area (Å²) in [4.78, 5) is 24.3. The molecule has 1 aromatic rings. The zero-order valence-corrected chi connectivity index (χ0v) is 11.2. The molecule has 7 heteroatoms. The van der Waals surface area contributed by atoms with Gasteiger partial charge in [0.25, 0.3) is 0 Å². The molecular formula is C13H11ClO6. The summed E-state index contributed by atoms with van der Waals surface area (Å²) in [6, 6.07) is 2.23. The third-order valence-corrected chi connectivity index (χ3v) is 3.10. The van der Waals surface area contributed by atoms with Crippen molar-refractivity contribution in [3.63, 3.8) is 0 Å². The van der Waals surface area contributed by atoms with Crippen LogP contribution in [0.1, 0.15) is 20.7 Å². The lowest BCUT2D eigenvalue weighted by Gasteiger charge is -2.19. The Labute approximate surface area is 119 Å². The Bertz CT molecular complexity index is 620. The van der Waals surface area contributed by atoms with Gasteiger partial charge in [-0.25, -0.2) is 0 Å². The number of halogens is 1. The molecule has 0 atom stereocenters. The maximum atomic E-state index is 12.2. The standard InChI is InChI=1S/C13H11ClO6/c1-19-4-5-20-13-10(14)11(17)8-6(15)2-3-7(16)9(8)12(13)18/h2-3,15-16H,4-5H2,1H3. The number of benzene rings is 1. The molecule has 0 amide bonds. The summed E-state index contributed by atoms with van der Waals surface area (Å²) < 4.78 is 9.90. The first-order valence-corrected chi connectivity index (χ1v) is 6.02. The highest BCUT2D eigenvalue weighted by atomic mass is 35.5. The smallest absolute Gasteiger partial charge is 0.233 e. The third-order valence-electron chi connectivity index (χ3n) is 2.75. The summed E-state index contributed by atoms with van der Waals surface area (Å²) >= 11 is 5.81. The van der Waals surface area contributed by atoms with Crippen LogP contribution in [0.15, 0.2) is 22.9 Å². The molecule has 0 unspecified atom stereocenters. The van der Waals surface area contributed by atoms with Gasteiger partial charge in [-0.1, -0.05) is 11.6 Å². The van der Waals surface area contributed by atoms with Crippen LogP contribution in [0.5, 0.6) is 11.5 Å². The van der Waals surface area contributed by atoms with Gasteiger partial charge < -0.3 is 19.7 Å².